The van der Waals surface area contributed by atoms with Crippen molar-refractivity contribution in [3.8, 4) is 0 Å². The Balaban J connectivity index is 0.00000180. The van der Waals surface area contributed by atoms with Crippen molar-refractivity contribution < 1.29 is 13.9 Å². The first kappa shape index (κ1) is 15.9. The van der Waals surface area contributed by atoms with E-state index in [1.165, 1.54) is 12.1 Å². The van der Waals surface area contributed by atoms with Gasteiger partial charge in [0.1, 0.15) is 11.9 Å². The molecule has 1 aromatic rings. The van der Waals surface area contributed by atoms with Crippen LogP contribution in [0.4, 0.5) is 4.39 Å². The summed E-state index contributed by atoms with van der Waals surface area (Å²) in [7, 11) is 0. The Morgan fingerprint density at radius 1 is 1.53 bits per heavy atom. The lowest BCUT2D eigenvalue weighted by Gasteiger charge is -2.22. The third-order valence-electron chi connectivity index (χ3n) is 2.84. The van der Waals surface area contributed by atoms with E-state index >= 15 is 0 Å². The van der Waals surface area contributed by atoms with Gasteiger partial charge in [-0.05, 0) is 24.1 Å². The monoisotopic (exact) mass is 288 g/mol. The average Bonchev–Trinajstić information content (AvgIpc) is 2.40. The van der Waals surface area contributed by atoms with Gasteiger partial charge < -0.3 is 15.4 Å². The largest absolute Gasteiger partial charge is 0.378 e. The molecule has 0 aromatic heterocycles. The van der Waals surface area contributed by atoms with Gasteiger partial charge >= 0.3 is 0 Å². The molecular formula is C13H18ClFN2O2. The van der Waals surface area contributed by atoms with Crippen LogP contribution < -0.4 is 10.6 Å². The van der Waals surface area contributed by atoms with Crippen molar-refractivity contribution in [3.63, 3.8) is 0 Å². The van der Waals surface area contributed by atoms with E-state index in [0.717, 1.165) is 5.56 Å². The van der Waals surface area contributed by atoms with Crippen molar-refractivity contribution >= 4 is 18.3 Å². The molecule has 106 valence electrons. The van der Waals surface area contributed by atoms with Crippen molar-refractivity contribution in [1.29, 1.82) is 0 Å². The van der Waals surface area contributed by atoms with Gasteiger partial charge in [-0.3, -0.25) is 4.79 Å². The Morgan fingerprint density at radius 2 is 2.37 bits per heavy atom. The summed E-state index contributed by atoms with van der Waals surface area (Å²) in [6.07, 6.45) is 0.622. The Morgan fingerprint density at radius 3 is 3.05 bits per heavy atom. The van der Waals surface area contributed by atoms with Crippen LogP contribution in [-0.2, 0) is 16.0 Å². The minimum Gasteiger partial charge on any atom is -0.378 e. The molecule has 1 saturated heterocycles. The maximum atomic E-state index is 12.9. The van der Waals surface area contributed by atoms with Crippen molar-refractivity contribution in [2.24, 2.45) is 0 Å². The lowest BCUT2D eigenvalue weighted by molar-refractivity contribution is -0.125. The molecule has 0 spiro atoms. The van der Waals surface area contributed by atoms with Gasteiger partial charge in [0.2, 0.25) is 5.91 Å². The first-order valence-corrected chi connectivity index (χ1v) is 6.09. The molecule has 0 saturated carbocycles. The third kappa shape index (κ3) is 5.14. The molecule has 1 aromatic carbocycles. The molecule has 1 atom stereocenters. The fraction of sp³-hybridized carbons (Fsp3) is 0.462. The summed E-state index contributed by atoms with van der Waals surface area (Å²) >= 11 is 0. The lowest BCUT2D eigenvalue weighted by Crippen LogP contribution is -2.51. The zero-order valence-corrected chi connectivity index (χ0v) is 11.3. The van der Waals surface area contributed by atoms with E-state index < -0.39 is 0 Å². The molecule has 1 heterocycles. The normalized spacial score (nSPS) is 18.5. The quantitative estimate of drug-likeness (QED) is 0.865. The van der Waals surface area contributed by atoms with E-state index in [2.05, 4.69) is 10.6 Å². The second-order valence-corrected chi connectivity index (χ2v) is 4.25. The van der Waals surface area contributed by atoms with E-state index in [1.807, 2.05) is 6.07 Å². The van der Waals surface area contributed by atoms with Gasteiger partial charge in [-0.1, -0.05) is 12.1 Å². The predicted molar refractivity (Wildman–Crippen MR) is 73.0 cm³/mol. The van der Waals surface area contributed by atoms with Gasteiger partial charge in [0.25, 0.3) is 0 Å². The highest BCUT2D eigenvalue weighted by molar-refractivity contribution is 5.85. The van der Waals surface area contributed by atoms with Crippen molar-refractivity contribution in [2.45, 2.75) is 12.5 Å². The minimum absolute atomic E-state index is 0. The first-order valence-electron chi connectivity index (χ1n) is 6.09. The van der Waals surface area contributed by atoms with Crippen molar-refractivity contribution in [2.75, 3.05) is 26.3 Å². The predicted octanol–water partition coefficient (Wildman–Crippen LogP) is 0.895. The van der Waals surface area contributed by atoms with Crippen LogP contribution >= 0.6 is 12.4 Å². The number of benzene rings is 1. The molecule has 1 aliphatic rings. The highest BCUT2D eigenvalue weighted by Crippen LogP contribution is 2.03. The van der Waals surface area contributed by atoms with E-state index in [4.69, 9.17) is 4.74 Å². The van der Waals surface area contributed by atoms with Gasteiger partial charge in [0, 0.05) is 13.1 Å². The van der Waals surface area contributed by atoms with Crippen LogP contribution in [0.1, 0.15) is 5.56 Å². The van der Waals surface area contributed by atoms with Crippen molar-refractivity contribution in [1.82, 2.24) is 10.6 Å². The molecule has 2 N–H and O–H groups in total. The summed E-state index contributed by atoms with van der Waals surface area (Å²) in [4.78, 5) is 11.7. The number of amides is 1. The number of halogens is 2. The molecule has 0 aliphatic carbocycles. The topological polar surface area (TPSA) is 50.4 Å². The summed E-state index contributed by atoms with van der Waals surface area (Å²) < 4.78 is 18.1. The second kappa shape index (κ2) is 8.09. The summed E-state index contributed by atoms with van der Waals surface area (Å²) in [5, 5.41) is 5.90. The molecular weight excluding hydrogens is 271 g/mol. The standard InChI is InChI=1S/C13H17FN2O2.ClH/c14-11-3-1-2-10(8-11)4-5-16-13(17)12-9-18-7-6-15-12;/h1-3,8,12,15H,4-7,9H2,(H,16,17);1H. The van der Waals surface area contributed by atoms with Crippen LogP contribution in [0.2, 0.25) is 0 Å². The van der Waals surface area contributed by atoms with E-state index in [1.54, 1.807) is 6.07 Å². The Bertz CT molecular complexity index is 411. The van der Waals surface area contributed by atoms with Gasteiger partial charge in [-0.2, -0.15) is 0 Å². The number of hydrogen-bond acceptors (Lipinski definition) is 3. The second-order valence-electron chi connectivity index (χ2n) is 4.25. The number of carbonyl (C=O) groups is 1. The molecule has 0 radical (unpaired) electrons. The Hall–Kier alpha value is -1.17. The van der Waals surface area contributed by atoms with Gasteiger partial charge in [0.15, 0.2) is 0 Å². The maximum absolute atomic E-state index is 12.9. The molecule has 19 heavy (non-hydrogen) atoms. The van der Waals surface area contributed by atoms with Gasteiger partial charge in [-0.15, -0.1) is 12.4 Å². The zero-order chi connectivity index (χ0) is 12.8. The highest BCUT2D eigenvalue weighted by atomic mass is 35.5. The van der Waals surface area contributed by atoms with Crippen LogP contribution in [0.15, 0.2) is 24.3 Å². The molecule has 1 fully saturated rings. The zero-order valence-electron chi connectivity index (χ0n) is 10.5. The SMILES string of the molecule is Cl.O=C(NCCc1cccc(F)c1)C1COCCN1. The maximum Gasteiger partial charge on any atom is 0.239 e. The Labute approximate surface area is 118 Å². The van der Waals surface area contributed by atoms with E-state index in [9.17, 15) is 9.18 Å². The van der Waals surface area contributed by atoms with Crippen LogP contribution in [0.5, 0.6) is 0 Å². The van der Waals surface area contributed by atoms with Crippen LogP contribution in [0, 0.1) is 5.82 Å². The van der Waals surface area contributed by atoms with Gasteiger partial charge in [-0.25, -0.2) is 4.39 Å². The molecule has 6 heteroatoms. The highest BCUT2D eigenvalue weighted by Gasteiger charge is 2.20. The van der Waals surface area contributed by atoms with Crippen LogP contribution in [-0.4, -0.2) is 38.3 Å². The molecule has 1 amide bonds. The minimum atomic E-state index is -0.272. The number of rotatable bonds is 4. The van der Waals surface area contributed by atoms with Crippen LogP contribution in [0.25, 0.3) is 0 Å². The molecule has 2 rings (SSSR count). The summed E-state index contributed by atoms with van der Waals surface area (Å²) in [6.45, 7) is 2.25. The number of hydrogen-bond donors (Lipinski definition) is 2. The number of ether oxygens (including phenoxy) is 1. The molecule has 0 bridgehead atoms. The average molecular weight is 289 g/mol. The van der Waals surface area contributed by atoms with E-state index in [-0.39, 0.29) is 30.2 Å². The van der Waals surface area contributed by atoms with Crippen molar-refractivity contribution in [3.05, 3.63) is 35.6 Å². The third-order valence-corrected chi connectivity index (χ3v) is 2.84. The molecule has 4 nitrogen and oxygen atoms in total. The number of nitrogens with one attached hydrogen (secondary N) is 2. The number of carbonyl (C=O) groups excluding carboxylic acids is 1. The fourth-order valence-electron chi connectivity index (χ4n) is 1.88. The lowest BCUT2D eigenvalue weighted by atomic mass is 10.1. The summed E-state index contributed by atoms with van der Waals surface area (Å²) in [5.74, 6) is -0.313. The van der Waals surface area contributed by atoms with Crippen LogP contribution in [0.3, 0.4) is 0 Å². The fourth-order valence-corrected chi connectivity index (χ4v) is 1.88. The smallest absolute Gasteiger partial charge is 0.239 e. The molecule has 1 unspecified atom stereocenters. The first-order chi connectivity index (χ1) is 8.75. The van der Waals surface area contributed by atoms with E-state index in [0.29, 0.717) is 32.7 Å². The number of morpholine rings is 1. The summed E-state index contributed by atoms with van der Waals surface area (Å²) in [6, 6.07) is 6.13. The molecule has 1 aliphatic heterocycles. The van der Waals surface area contributed by atoms with Gasteiger partial charge in [0.05, 0.1) is 13.2 Å². The Kier molecular flexibility index (Phi) is 6.77. The summed E-state index contributed by atoms with van der Waals surface area (Å²) in [5.41, 5.74) is 0.878.